The van der Waals surface area contributed by atoms with Crippen molar-refractivity contribution in [3.63, 3.8) is 0 Å². The van der Waals surface area contributed by atoms with Crippen LogP contribution < -0.4 is 0 Å². The molecule has 1 rings (SSSR count). The van der Waals surface area contributed by atoms with Crippen molar-refractivity contribution in [3.05, 3.63) is 30.9 Å². The van der Waals surface area contributed by atoms with Crippen LogP contribution in [0.3, 0.4) is 0 Å². The minimum atomic E-state index is 0.944. The Hall–Kier alpha value is -1.05. The second kappa shape index (κ2) is 4.72. The number of rotatable bonds is 4. The first-order valence-electron chi connectivity index (χ1n) is 4.04. The van der Waals surface area contributed by atoms with E-state index in [0.29, 0.717) is 0 Å². The van der Waals surface area contributed by atoms with Crippen LogP contribution in [0.15, 0.2) is 30.9 Å². The fraction of sp³-hybridized carbons (Fsp3) is 0.444. The molecule has 2 heteroatoms. The van der Waals surface area contributed by atoms with Crippen molar-refractivity contribution in [1.29, 1.82) is 0 Å². The van der Waals surface area contributed by atoms with Crippen LogP contribution in [-0.4, -0.2) is 9.55 Å². The standard InChI is InChI=1S/C9H14N2/c1-2-3-4-5-7-11-8-6-10-9-11/h4-6,8-9H,2-3,7H2,1H3/b5-4+. The summed E-state index contributed by atoms with van der Waals surface area (Å²) in [6.07, 6.45) is 12.4. The van der Waals surface area contributed by atoms with Crippen molar-refractivity contribution >= 4 is 0 Å². The van der Waals surface area contributed by atoms with Crippen molar-refractivity contribution in [1.82, 2.24) is 9.55 Å². The summed E-state index contributed by atoms with van der Waals surface area (Å²) in [5, 5.41) is 0. The van der Waals surface area contributed by atoms with Crippen LogP contribution in [0.25, 0.3) is 0 Å². The molecule has 2 nitrogen and oxygen atoms in total. The number of aromatic nitrogens is 2. The predicted molar refractivity (Wildman–Crippen MR) is 46.3 cm³/mol. The van der Waals surface area contributed by atoms with Gasteiger partial charge in [0.05, 0.1) is 6.33 Å². The molecule has 0 bridgehead atoms. The van der Waals surface area contributed by atoms with Gasteiger partial charge in [0.2, 0.25) is 0 Å². The van der Waals surface area contributed by atoms with Crippen LogP contribution in [-0.2, 0) is 6.54 Å². The van der Waals surface area contributed by atoms with Gasteiger partial charge in [-0.05, 0) is 6.42 Å². The van der Waals surface area contributed by atoms with Crippen molar-refractivity contribution in [2.45, 2.75) is 26.3 Å². The summed E-state index contributed by atoms with van der Waals surface area (Å²) >= 11 is 0. The van der Waals surface area contributed by atoms with Gasteiger partial charge in [0.1, 0.15) is 0 Å². The number of allylic oxidation sites excluding steroid dienone is 2. The molecule has 1 aromatic heterocycles. The highest BCUT2D eigenvalue weighted by atomic mass is 15.0. The zero-order valence-corrected chi connectivity index (χ0v) is 6.90. The van der Waals surface area contributed by atoms with Crippen LogP contribution in [0.4, 0.5) is 0 Å². The van der Waals surface area contributed by atoms with Crippen LogP contribution in [0.2, 0.25) is 0 Å². The van der Waals surface area contributed by atoms with E-state index in [9.17, 15) is 0 Å². The Bertz CT molecular complexity index is 199. The van der Waals surface area contributed by atoms with E-state index in [-0.39, 0.29) is 0 Å². The molecular formula is C9H14N2. The first-order chi connectivity index (χ1) is 5.43. The minimum Gasteiger partial charge on any atom is -0.334 e. The Labute approximate surface area is 67.6 Å². The van der Waals surface area contributed by atoms with Gasteiger partial charge >= 0.3 is 0 Å². The molecule has 60 valence electrons. The zero-order valence-electron chi connectivity index (χ0n) is 6.90. The predicted octanol–water partition coefficient (Wildman–Crippen LogP) is 2.24. The Morgan fingerprint density at radius 1 is 1.45 bits per heavy atom. The average molecular weight is 150 g/mol. The van der Waals surface area contributed by atoms with Crippen LogP contribution in [0, 0.1) is 0 Å². The third-order valence-electron chi connectivity index (χ3n) is 1.50. The fourth-order valence-electron chi connectivity index (χ4n) is 0.875. The molecular weight excluding hydrogens is 136 g/mol. The Kier molecular flexibility index (Phi) is 3.45. The topological polar surface area (TPSA) is 17.8 Å². The molecule has 0 N–H and O–H groups in total. The lowest BCUT2D eigenvalue weighted by molar-refractivity contribution is 0.813. The highest BCUT2D eigenvalue weighted by Crippen LogP contribution is 1.91. The van der Waals surface area contributed by atoms with E-state index in [4.69, 9.17) is 0 Å². The first kappa shape index (κ1) is 8.05. The molecule has 0 unspecified atom stereocenters. The van der Waals surface area contributed by atoms with Crippen molar-refractivity contribution < 1.29 is 0 Å². The van der Waals surface area contributed by atoms with Gasteiger partial charge in [0, 0.05) is 18.9 Å². The third-order valence-corrected chi connectivity index (χ3v) is 1.50. The van der Waals surface area contributed by atoms with Crippen LogP contribution >= 0.6 is 0 Å². The molecule has 0 aromatic carbocycles. The second-order valence-electron chi connectivity index (χ2n) is 2.52. The van der Waals surface area contributed by atoms with Gasteiger partial charge in [0.15, 0.2) is 0 Å². The zero-order chi connectivity index (χ0) is 7.94. The molecule has 1 heterocycles. The van der Waals surface area contributed by atoms with Gasteiger partial charge in [0.25, 0.3) is 0 Å². The van der Waals surface area contributed by atoms with Crippen molar-refractivity contribution in [3.8, 4) is 0 Å². The number of imidazole rings is 1. The molecule has 11 heavy (non-hydrogen) atoms. The van der Waals surface area contributed by atoms with Gasteiger partial charge in [-0.3, -0.25) is 0 Å². The highest BCUT2D eigenvalue weighted by Gasteiger charge is 1.81. The Morgan fingerprint density at radius 3 is 3.00 bits per heavy atom. The molecule has 0 spiro atoms. The van der Waals surface area contributed by atoms with Crippen LogP contribution in [0.5, 0.6) is 0 Å². The van der Waals surface area contributed by atoms with Crippen molar-refractivity contribution in [2.75, 3.05) is 0 Å². The van der Waals surface area contributed by atoms with E-state index >= 15 is 0 Å². The molecule has 0 amide bonds. The summed E-state index contributed by atoms with van der Waals surface area (Å²) in [7, 11) is 0. The normalized spacial score (nSPS) is 11.0. The summed E-state index contributed by atoms with van der Waals surface area (Å²) in [6.45, 7) is 3.13. The van der Waals surface area contributed by atoms with Gasteiger partial charge < -0.3 is 4.57 Å². The molecule has 0 atom stereocenters. The molecule has 0 aliphatic carbocycles. The van der Waals surface area contributed by atoms with Gasteiger partial charge in [-0.15, -0.1) is 0 Å². The molecule has 0 fully saturated rings. The maximum atomic E-state index is 3.95. The molecule has 0 aliphatic heterocycles. The molecule has 0 saturated carbocycles. The third kappa shape index (κ3) is 3.03. The van der Waals surface area contributed by atoms with E-state index < -0.39 is 0 Å². The summed E-state index contributed by atoms with van der Waals surface area (Å²) < 4.78 is 2.05. The van der Waals surface area contributed by atoms with E-state index in [1.165, 1.54) is 12.8 Å². The number of hydrogen-bond acceptors (Lipinski definition) is 1. The average Bonchev–Trinajstić information content (AvgIpc) is 2.50. The number of nitrogens with zero attached hydrogens (tertiary/aromatic N) is 2. The largest absolute Gasteiger partial charge is 0.334 e. The smallest absolute Gasteiger partial charge is 0.0948 e. The maximum absolute atomic E-state index is 3.95. The monoisotopic (exact) mass is 150 g/mol. The minimum absolute atomic E-state index is 0.944. The summed E-state index contributed by atoms with van der Waals surface area (Å²) in [5.74, 6) is 0. The quantitative estimate of drug-likeness (QED) is 0.602. The lowest BCUT2D eigenvalue weighted by atomic mass is 10.3. The van der Waals surface area contributed by atoms with E-state index in [1.54, 1.807) is 6.20 Å². The van der Waals surface area contributed by atoms with E-state index in [2.05, 4.69) is 24.1 Å². The second-order valence-corrected chi connectivity index (χ2v) is 2.52. The van der Waals surface area contributed by atoms with Crippen molar-refractivity contribution in [2.24, 2.45) is 0 Å². The Balaban J connectivity index is 2.23. The molecule has 0 aliphatic rings. The maximum Gasteiger partial charge on any atom is 0.0948 e. The lowest BCUT2D eigenvalue weighted by Crippen LogP contribution is -1.88. The van der Waals surface area contributed by atoms with E-state index in [0.717, 1.165) is 6.54 Å². The molecule has 1 aromatic rings. The highest BCUT2D eigenvalue weighted by molar-refractivity contribution is 4.84. The molecule has 0 saturated heterocycles. The summed E-state index contributed by atoms with van der Waals surface area (Å²) in [5.41, 5.74) is 0. The van der Waals surface area contributed by atoms with Gasteiger partial charge in [-0.2, -0.15) is 0 Å². The first-order valence-corrected chi connectivity index (χ1v) is 4.04. The molecule has 0 radical (unpaired) electrons. The fourth-order valence-corrected chi connectivity index (χ4v) is 0.875. The Morgan fingerprint density at radius 2 is 2.36 bits per heavy atom. The van der Waals surface area contributed by atoms with Gasteiger partial charge in [-0.25, -0.2) is 4.98 Å². The number of unbranched alkanes of at least 4 members (excludes halogenated alkanes) is 1. The summed E-state index contributed by atoms with van der Waals surface area (Å²) in [6, 6.07) is 0. The number of hydrogen-bond donors (Lipinski definition) is 0. The SMILES string of the molecule is CCC/C=C/Cn1ccnc1. The summed E-state index contributed by atoms with van der Waals surface area (Å²) in [4.78, 5) is 3.95. The van der Waals surface area contributed by atoms with Gasteiger partial charge in [-0.1, -0.05) is 25.5 Å². The van der Waals surface area contributed by atoms with Crippen LogP contribution in [0.1, 0.15) is 19.8 Å². The van der Waals surface area contributed by atoms with E-state index in [1.807, 2.05) is 17.1 Å². The lowest BCUT2D eigenvalue weighted by Gasteiger charge is -1.92.